The Morgan fingerprint density at radius 1 is 1.06 bits per heavy atom. The molecule has 1 atom stereocenters. The van der Waals surface area contributed by atoms with Gasteiger partial charge in [0.15, 0.2) is 12.6 Å². The van der Waals surface area contributed by atoms with E-state index in [9.17, 15) is 13.2 Å². The van der Waals surface area contributed by atoms with Crippen LogP contribution in [0.5, 0.6) is 11.5 Å². The minimum Gasteiger partial charge on any atom is -0.493 e. The van der Waals surface area contributed by atoms with Crippen molar-refractivity contribution in [1.82, 2.24) is 0 Å². The van der Waals surface area contributed by atoms with E-state index in [0.29, 0.717) is 24.9 Å². The first kappa shape index (κ1) is 24.7. The molecular weight excluding hydrogens is 441 g/mol. The molecule has 1 fully saturated rings. The zero-order valence-electron chi connectivity index (χ0n) is 18.5. The van der Waals surface area contributed by atoms with Crippen LogP contribution < -0.4 is 9.47 Å². The van der Waals surface area contributed by atoms with Gasteiger partial charge in [-0.1, -0.05) is 13.3 Å². The first-order valence-electron chi connectivity index (χ1n) is 10.7. The van der Waals surface area contributed by atoms with E-state index in [0.717, 1.165) is 46.9 Å². The summed E-state index contributed by atoms with van der Waals surface area (Å²) in [7, 11) is 0. The second kappa shape index (κ2) is 11.3. The number of aryl methyl sites for hydroxylation is 1. The molecule has 0 radical (unpaired) electrons. The van der Waals surface area contributed by atoms with E-state index >= 15 is 0 Å². The normalized spacial score (nSPS) is 19.3. The summed E-state index contributed by atoms with van der Waals surface area (Å²) in [6.07, 6.45) is -2.82. The van der Waals surface area contributed by atoms with E-state index in [1.54, 1.807) is 11.8 Å². The van der Waals surface area contributed by atoms with Crippen molar-refractivity contribution >= 4 is 11.8 Å². The highest BCUT2D eigenvalue weighted by Crippen LogP contribution is 2.31. The van der Waals surface area contributed by atoms with Gasteiger partial charge in [0.25, 0.3) is 0 Å². The number of rotatable bonds is 11. The molecule has 2 aromatic carbocycles. The molecule has 0 bridgehead atoms. The summed E-state index contributed by atoms with van der Waals surface area (Å²) < 4.78 is 60.4. The lowest BCUT2D eigenvalue weighted by atomic mass is 10.1. The van der Waals surface area contributed by atoms with E-state index < -0.39 is 11.7 Å². The Kier molecular flexibility index (Phi) is 8.73. The molecule has 0 saturated carbocycles. The van der Waals surface area contributed by atoms with E-state index in [1.807, 2.05) is 26.0 Å². The summed E-state index contributed by atoms with van der Waals surface area (Å²) in [5.74, 6) is 2.40. The van der Waals surface area contributed by atoms with E-state index in [-0.39, 0.29) is 12.6 Å². The van der Waals surface area contributed by atoms with Gasteiger partial charge in [-0.25, -0.2) is 0 Å². The van der Waals surface area contributed by atoms with Crippen molar-refractivity contribution in [2.75, 3.05) is 19.0 Å². The van der Waals surface area contributed by atoms with Crippen LogP contribution in [-0.2, 0) is 15.7 Å². The SMILES string of the molecule is CCCC(COc1ccc(C(F)(F)F)cc1)CSc1ccc(OCC2OC(C)O2)c(C)c1. The van der Waals surface area contributed by atoms with Gasteiger partial charge in [0.2, 0.25) is 0 Å². The van der Waals surface area contributed by atoms with Gasteiger partial charge < -0.3 is 18.9 Å². The molecule has 1 heterocycles. The maximum Gasteiger partial charge on any atom is 0.416 e. The summed E-state index contributed by atoms with van der Waals surface area (Å²) in [5.41, 5.74) is 0.367. The molecule has 0 aliphatic carbocycles. The smallest absolute Gasteiger partial charge is 0.416 e. The van der Waals surface area contributed by atoms with E-state index in [1.165, 1.54) is 12.1 Å². The van der Waals surface area contributed by atoms with Crippen molar-refractivity contribution in [3.63, 3.8) is 0 Å². The molecule has 0 aromatic heterocycles. The Hall–Kier alpha value is -1.90. The molecule has 0 N–H and O–H groups in total. The maximum absolute atomic E-state index is 12.7. The minimum absolute atomic E-state index is 0.164. The third kappa shape index (κ3) is 7.32. The second-order valence-corrected chi connectivity index (χ2v) is 8.90. The van der Waals surface area contributed by atoms with Gasteiger partial charge in [0, 0.05) is 16.6 Å². The highest BCUT2D eigenvalue weighted by Gasteiger charge is 2.30. The molecule has 1 aliphatic rings. The molecule has 0 amide bonds. The number of hydrogen-bond donors (Lipinski definition) is 0. The molecule has 32 heavy (non-hydrogen) atoms. The van der Waals surface area contributed by atoms with Gasteiger partial charge in [-0.15, -0.1) is 11.8 Å². The third-order valence-electron chi connectivity index (χ3n) is 5.06. The van der Waals surface area contributed by atoms with Crippen LogP contribution in [0.3, 0.4) is 0 Å². The quantitative estimate of drug-likeness (QED) is 0.342. The molecule has 1 aliphatic heterocycles. The predicted molar refractivity (Wildman–Crippen MR) is 118 cm³/mol. The topological polar surface area (TPSA) is 36.9 Å². The lowest BCUT2D eigenvalue weighted by Crippen LogP contribution is -2.42. The first-order valence-corrected chi connectivity index (χ1v) is 11.7. The zero-order valence-corrected chi connectivity index (χ0v) is 19.3. The van der Waals surface area contributed by atoms with E-state index in [2.05, 4.69) is 13.0 Å². The fourth-order valence-electron chi connectivity index (χ4n) is 3.34. The summed E-state index contributed by atoms with van der Waals surface area (Å²) >= 11 is 1.74. The van der Waals surface area contributed by atoms with Crippen molar-refractivity contribution in [3.8, 4) is 11.5 Å². The second-order valence-electron chi connectivity index (χ2n) is 7.81. The average Bonchev–Trinajstić information content (AvgIpc) is 2.73. The minimum atomic E-state index is -4.34. The predicted octanol–water partition coefficient (Wildman–Crippen LogP) is 6.70. The average molecular weight is 471 g/mol. The van der Waals surface area contributed by atoms with Crippen LogP contribution in [0.15, 0.2) is 47.4 Å². The molecule has 1 saturated heterocycles. The van der Waals surface area contributed by atoms with Gasteiger partial charge in [0.1, 0.15) is 18.1 Å². The van der Waals surface area contributed by atoms with E-state index in [4.69, 9.17) is 18.9 Å². The largest absolute Gasteiger partial charge is 0.493 e. The standard InChI is InChI=1S/C24H29F3O4S/c1-4-5-18(13-28-20-8-6-19(7-9-20)24(25,26)27)15-32-21-10-11-22(16(2)12-21)29-14-23-30-17(3)31-23/h6-12,17-18,23H,4-5,13-15H2,1-3H3. The fourth-order valence-corrected chi connectivity index (χ4v) is 4.45. The van der Waals surface area contributed by atoms with Crippen LogP contribution in [0, 0.1) is 12.8 Å². The van der Waals surface area contributed by atoms with Crippen molar-refractivity contribution in [3.05, 3.63) is 53.6 Å². The summed E-state index contributed by atoms with van der Waals surface area (Å²) in [4.78, 5) is 1.13. The van der Waals surface area contributed by atoms with Crippen molar-refractivity contribution in [1.29, 1.82) is 0 Å². The number of thioether (sulfide) groups is 1. The van der Waals surface area contributed by atoms with Gasteiger partial charge in [0.05, 0.1) is 12.2 Å². The Morgan fingerprint density at radius 2 is 1.78 bits per heavy atom. The van der Waals surface area contributed by atoms with Gasteiger partial charge in [-0.05, 0) is 68.3 Å². The van der Waals surface area contributed by atoms with Crippen molar-refractivity contribution in [2.24, 2.45) is 5.92 Å². The van der Waals surface area contributed by atoms with Crippen molar-refractivity contribution in [2.45, 2.75) is 57.3 Å². The lowest BCUT2D eigenvalue weighted by molar-refractivity contribution is -0.380. The number of halogens is 3. The Bertz CT molecular complexity index is 851. The number of alkyl halides is 3. The highest BCUT2D eigenvalue weighted by atomic mass is 32.2. The van der Waals surface area contributed by atoms with Gasteiger partial charge >= 0.3 is 6.18 Å². The number of benzene rings is 2. The van der Waals surface area contributed by atoms with Crippen LogP contribution in [-0.4, -0.2) is 31.5 Å². The molecule has 3 rings (SSSR count). The van der Waals surface area contributed by atoms with Gasteiger partial charge in [-0.2, -0.15) is 13.2 Å². The van der Waals surface area contributed by atoms with Crippen LogP contribution in [0.2, 0.25) is 0 Å². The Balaban J connectivity index is 1.47. The summed E-state index contributed by atoms with van der Waals surface area (Å²) in [6, 6.07) is 10.9. The summed E-state index contributed by atoms with van der Waals surface area (Å²) in [6.45, 7) is 6.78. The van der Waals surface area contributed by atoms with Crippen LogP contribution in [0.4, 0.5) is 13.2 Å². The molecular formula is C24H29F3O4S. The maximum atomic E-state index is 12.7. The Labute approximate surface area is 191 Å². The molecule has 4 nitrogen and oxygen atoms in total. The molecule has 1 unspecified atom stereocenters. The highest BCUT2D eigenvalue weighted by molar-refractivity contribution is 7.99. The third-order valence-corrected chi connectivity index (χ3v) is 6.28. The molecule has 0 spiro atoms. The fraction of sp³-hybridized carbons (Fsp3) is 0.500. The van der Waals surface area contributed by atoms with Crippen LogP contribution in [0.1, 0.15) is 37.8 Å². The van der Waals surface area contributed by atoms with Crippen LogP contribution in [0.25, 0.3) is 0 Å². The van der Waals surface area contributed by atoms with Crippen LogP contribution >= 0.6 is 11.8 Å². The molecule has 2 aromatic rings. The first-order chi connectivity index (χ1) is 15.2. The van der Waals surface area contributed by atoms with Gasteiger partial charge in [-0.3, -0.25) is 0 Å². The lowest BCUT2D eigenvalue weighted by Gasteiger charge is -2.33. The molecule has 8 heteroatoms. The Morgan fingerprint density at radius 3 is 2.38 bits per heavy atom. The monoisotopic (exact) mass is 470 g/mol. The number of ether oxygens (including phenoxy) is 4. The summed E-state index contributed by atoms with van der Waals surface area (Å²) in [5, 5.41) is 0. The molecule has 176 valence electrons. The van der Waals surface area contributed by atoms with Crippen molar-refractivity contribution < 1.29 is 32.1 Å². The number of hydrogen-bond acceptors (Lipinski definition) is 5. The zero-order chi connectivity index (χ0) is 23.1.